The van der Waals surface area contributed by atoms with Gasteiger partial charge in [0.2, 0.25) is 5.91 Å². The SMILES string of the molecule is COc1ccc(/C=C2/CCC[C@@H]3C2=NN(C(=O)CN2CCN(C(C)=O)CC2)[C@H]3c2ccc(OC)cc2)cc1. The molecule has 0 N–H and O–H groups in total. The third kappa shape index (κ3) is 5.45. The minimum atomic E-state index is -0.151. The molecule has 3 aliphatic rings. The highest BCUT2D eigenvalue weighted by molar-refractivity contribution is 6.08. The number of piperazine rings is 1. The Hall–Kier alpha value is -3.65. The first-order valence-corrected chi connectivity index (χ1v) is 13.3. The van der Waals surface area contributed by atoms with Gasteiger partial charge in [-0.15, -0.1) is 0 Å². The Kier molecular flexibility index (Phi) is 7.79. The summed E-state index contributed by atoms with van der Waals surface area (Å²) in [5.41, 5.74) is 4.37. The second-order valence-electron chi connectivity index (χ2n) is 10.2. The molecular weight excluding hydrogens is 480 g/mol. The van der Waals surface area contributed by atoms with Crippen molar-refractivity contribution in [1.82, 2.24) is 14.8 Å². The van der Waals surface area contributed by atoms with Crippen LogP contribution in [0.3, 0.4) is 0 Å². The van der Waals surface area contributed by atoms with Crippen LogP contribution in [0.4, 0.5) is 0 Å². The van der Waals surface area contributed by atoms with Gasteiger partial charge in [0.25, 0.3) is 5.91 Å². The maximum atomic E-state index is 13.8. The van der Waals surface area contributed by atoms with Gasteiger partial charge in [-0.1, -0.05) is 24.3 Å². The lowest BCUT2D eigenvalue weighted by Crippen LogP contribution is -2.50. The van der Waals surface area contributed by atoms with Crippen LogP contribution in [0.15, 0.2) is 59.2 Å². The van der Waals surface area contributed by atoms with Crippen molar-refractivity contribution in [2.24, 2.45) is 11.0 Å². The van der Waals surface area contributed by atoms with E-state index in [0.717, 1.165) is 47.6 Å². The molecule has 0 radical (unpaired) electrons. The molecular formula is C30H36N4O4. The molecule has 2 aromatic carbocycles. The first kappa shape index (κ1) is 26.0. The summed E-state index contributed by atoms with van der Waals surface area (Å²) in [5.74, 6) is 1.83. The van der Waals surface area contributed by atoms with E-state index in [1.54, 1.807) is 26.2 Å². The predicted molar refractivity (Wildman–Crippen MR) is 147 cm³/mol. The molecule has 2 amide bonds. The minimum absolute atomic E-state index is 0.00668. The number of hydrogen-bond acceptors (Lipinski definition) is 6. The lowest BCUT2D eigenvalue weighted by Gasteiger charge is -2.35. The average molecular weight is 517 g/mol. The number of nitrogens with zero attached hydrogens (tertiary/aromatic N) is 4. The van der Waals surface area contributed by atoms with Crippen molar-refractivity contribution in [3.63, 3.8) is 0 Å². The quantitative estimate of drug-likeness (QED) is 0.581. The summed E-state index contributed by atoms with van der Waals surface area (Å²) >= 11 is 0. The van der Waals surface area contributed by atoms with Gasteiger partial charge in [0.15, 0.2) is 0 Å². The molecule has 1 saturated heterocycles. The summed E-state index contributed by atoms with van der Waals surface area (Å²) in [6.45, 7) is 4.57. The van der Waals surface area contributed by atoms with Gasteiger partial charge in [0.05, 0.1) is 32.5 Å². The van der Waals surface area contributed by atoms with Crippen LogP contribution in [-0.4, -0.2) is 79.3 Å². The molecule has 1 saturated carbocycles. The number of amides is 2. The largest absolute Gasteiger partial charge is 0.497 e. The summed E-state index contributed by atoms with van der Waals surface area (Å²) in [4.78, 5) is 29.4. The number of hydrazone groups is 1. The van der Waals surface area contributed by atoms with Crippen molar-refractivity contribution in [2.75, 3.05) is 46.9 Å². The van der Waals surface area contributed by atoms with Gasteiger partial charge in [-0.3, -0.25) is 14.5 Å². The van der Waals surface area contributed by atoms with Gasteiger partial charge in [-0.25, -0.2) is 5.01 Å². The zero-order valence-corrected chi connectivity index (χ0v) is 22.4. The maximum absolute atomic E-state index is 13.8. The minimum Gasteiger partial charge on any atom is -0.497 e. The number of ether oxygens (including phenoxy) is 2. The van der Waals surface area contributed by atoms with Gasteiger partial charge in [0.1, 0.15) is 11.5 Å². The van der Waals surface area contributed by atoms with Gasteiger partial charge >= 0.3 is 0 Å². The van der Waals surface area contributed by atoms with E-state index < -0.39 is 0 Å². The van der Waals surface area contributed by atoms with Crippen LogP contribution in [0.1, 0.15) is 43.4 Å². The molecule has 0 unspecified atom stereocenters. The number of benzene rings is 2. The number of carbonyl (C=O) groups excluding carboxylic acids is 2. The monoisotopic (exact) mass is 516 g/mol. The van der Waals surface area contributed by atoms with E-state index in [4.69, 9.17) is 14.6 Å². The van der Waals surface area contributed by atoms with Crippen molar-refractivity contribution in [2.45, 2.75) is 32.2 Å². The highest BCUT2D eigenvalue weighted by Crippen LogP contribution is 2.44. The zero-order valence-electron chi connectivity index (χ0n) is 22.4. The molecule has 8 heteroatoms. The second-order valence-corrected chi connectivity index (χ2v) is 10.2. The topological polar surface area (TPSA) is 74.7 Å². The molecule has 2 aromatic rings. The van der Waals surface area contributed by atoms with E-state index in [9.17, 15) is 9.59 Å². The molecule has 200 valence electrons. The van der Waals surface area contributed by atoms with E-state index in [2.05, 4.69) is 35.2 Å². The molecule has 2 heterocycles. The van der Waals surface area contributed by atoms with Crippen molar-refractivity contribution in [3.05, 3.63) is 65.2 Å². The van der Waals surface area contributed by atoms with Crippen molar-refractivity contribution >= 4 is 23.6 Å². The van der Waals surface area contributed by atoms with Gasteiger partial charge in [-0.2, -0.15) is 5.10 Å². The highest BCUT2D eigenvalue weighted by atomic mass is 16.5. The molecule has 2 atom stereocenters. The Morgan fingerprint density at radius 3 is 2.18 bits per heavy atom. The lowest BCUT2D eigenvalue weighted by molar-refractivity contribution is -0.136. The van der Waals surface area contributed by atoms with Gasteiger partial charge in [-0.05, 0) is 66.3 Å². The summed E-state index contributed by atoms with van der Waals surface area (Å²) in [6, 6.07) is 15.9. The Morgan fingerprint density at radius 1 is 0.947 bits per heavy atom. The Balaban J connectivity index is 1.42. The van der Waals surface area contributed by atoms with Crippen LogP contribution in [0.2, 0.25) is 0 Å². The number of fused-ring (bicyclic) bond motifs is 1. The van der Waals surface area contributed by atoms with Gasteiger partial charge < -0.3 is 14.4 Å². The molecule has 38 heavy (non-hydrogen) atoms. The fourth-order valence-electron chi connectivity index (χ4n) is 5.73. The van der Waals surface area contributed by atoms with Crippen molar-refractivity contribution in [1.29, 1.82) is 0 Å². The van der Waals surface area contributed by atoms with Crippen LogP contribution in [0.5, 0.6) is 11.5 Å². The Bertz CT molecular complexity index is 1210. The van der Waals surface area contributed by atoms with E-state index in [0.29, 0.717) is 32.7 Å². The van der Waals surface area contributed by atoms with Crippen LogP contribution in [0.25, 0.3) is 6.08 Å². The number of carbonyl (C=O) groups is 2. The maximum Gasteiger partial charge on any atom is 0.257 e. The molecule has 1 aliphatic carbocycles. The summed E-state index contributed by atoms with van der Waals surface area (Å²) in [5, 5.41) is 6.74. The fraction of sp³-hybridized carbons (Fsp3) is 0.433. The van der Waals surface area contributed by atoms with Gasteiger partial charge in [0, 0.05) is 39.0 Å². The first-order chi connectivity index (χ1) is 18.5. The highest BCUT2D eigenvalue weighted by Gasteiger charge is 2.44. The number of rotatable bonds is 6. The van der Waals surface area contributed by atoms with Crippen molar-refractivity contribution in [3.8, 4) is 11.5 Å². The van der Waals surface area contributed by atoms with Crippen molar-refractivity contribution < 1.29 is 19.1 Å². The fourth-order valence-corrected chi connectivity index (χ4v) is 5.73. The van der Waals surface area contributed by atoms with E-state index in [-0.39, 0.29) is 23.8 Å². The Morgan fingerprint density at radius 2 is 1.58 bits per heavy atom. The zero-order chi connectivity index (χ0) is 26.6. The van der Waals surface area contributed by atoms with Crippen LogP contribution in [0, 0.1) is 5.92 Å². The molecule has 5 rings (SSSR count). The third-order valence-electron chi connectivity index (χ3n) is 7.85. The molecule has 8 nitrogen and oxygen atoms in total. The molecule has 0 bridgehead atoms. The molecule has 0 aromatic heterocycles. The predicted octanol–water partition coefficient (Wildman–Crippen LogP) is 3.99. The lowest BCUT2D eigenvalue weighted by atomic mass is 9.77. The number of methoxy groups -OCH3 is 2. The molecule has 2 fully saturated rings. The Labute approximate surface area is 224 Å². The summed E-state index contributed by atoms with van der Waals surface area (Å²) in [6.07, 6.45) is 5.17. The van der Waals surface area contributed by atoms with E-state index >= 15 is 0 Å². The second kappa shape index (κ2) is 11.4. The van der Waals surface area contributed by atoms with E-state index in [1.165, 1.54) is 5.57 Å². The normalized spacial score (nSPS) is 22.7. The number of allylic oxidation sites excluding steroid dienone is 1. The van der Waals surface area contributed by atoms with Crippen LogP contribution in [-0.2, 0) is 9.59 Å². The number of hydrogen-bond donors (Lipinski definition) is 0. The standard InChI is InChI=1S/C30H36N4O4/c1-21(35)33-17-15-32(16-18-33)20-28(36)34-30(23-9-13-26(38-3)14-10-23)27-6-4-5-24(29(27)31-34)19-22-7-11-25(37-2)12-8-22/h7-14,19,27,30H,4-6,15-18,20H2,1-3H3/b24-19-/t27-,30+/m1/s1. The smallest absolute Gasteiger partial charge is 0.257 e. The van der Waals surface area contributed by atoms with E-state index in [1.807, 2.05) is 29.2 Å². The average Bonchev–Trinajstić information content (AvgIpc) is 3.35. The third-order valence-corrected chi connectivity index (χ3v) is 7.85. The van der Waals surface area contributed by atoms with Crippen LogP contribution < -0.4 is 9.47 Å². The first-order valence-electron chi connectivity index (χ1n) is 13.3. The molecule has 0 spiro atoms. The summed E-state index contributed by atoms with van der Waals surface area (Å²) in [7, 11) is 3.32. The van der Waals surface area contributed by atoms with Crippen LogP contribution >= 0.6 is 0 Å². The molecule has 2 aliphatic heterocycles. The summed E-state index contributed by atoms with van der Waals surface area (Å²) < 4.78 is 10.7.